The number of amides is 2. The Labute approximate surface area is 227 Å². The number of hydrogen-bond donors (Lipinski definition) is 4. The van der Waals surface area contributed by atoms with Crippen LogP contribution in [0.5, 0.6) is 0 Å². The highest BCUT2D eigenvalue weighted by Crippen LogP contribution is 2.32. The van der Waals surface area contributed by atoms with Crippen LogP contribution in [0.2, 0.25) is 0 Å². The number of nitrogens with two attached hydrogens (primary N) is 1. The number of carbonyl (C=O) groups excluding carboxylic acids is 1. The normalized spacial score (nSPS) is 15.2. The molecule has 12 nitrogen and oxygen atoms in total. The van der Waals surface area contributed by atoms with Gasteiger partial charge in [0.1, 0.15) is 11.7 Å². The standard InChI is InChI=1S/C26H33N7O5S/c1-26(24(34)32-12-4-5-13-32,16-33(25(35)36)39(3,37)38)18-8-11-21-20(14-18)30-22(31(21)2)15-29-19-9-6-17(7-10-19)23(27)28/h6-11,14,29H,4-5,12-13,15-16H2,1-3H3,(H3,27,28)(H,35,36). The number of carboxylic acid groups (broad SMARTS) is 1. The summed E-state index contributed by atoms with van der Waals surface area (Å²) in [6, 6.07) is 12.4. The number of aryl methyl sites for hydroxylation is 1. The van der Waals surface area contributed by atoms with E-state index in [1.807, 2.05) is 29.8 Å². The van der Waals surface area contributed by atoms with Gasteiger partial charge in [-0.3, -0.25) is 10.2 Å². The highest BCUT2D eigenvalue weighted by Gasteiger charge is 2.44. The molecule has 2 amide bonds. The van der Waals surface area contributed by atoms with Crippen LogP contribution >= 0.6 is 0 Å². The fourth-order valence-corrected chi connectivity index (χ4v) is 5.64. The van der Waals surface area contributed by atoms with E-state index in [1.165, 1.54) is 0 Å². The summed E-state index contributed by atoms with van der Waals surface area (Å²) in [5, 5.41) is 20.5. The van der Waals surface area contributed by atoms with Crippen LogP contribution in [0.3, 0.4) is 0 Å². The van der Waals surface area contributed by atoms with Crippen molar-refractivity contribution in [1.82, 2.24) is 18.8 Å². The Hall–Kier alpha value is -4.13. The lowest BCUT2D eigenvalue weighted by Crippen LogP contribution is -2.53. The number of imidazole rings is 1. The van der Waals surface area contributed by atoms with Crippen molar-refractivity contribution in [2.75, 3.05) is 31.2 Å². The second-order valence-corrected chi connectivity index (χ2v) is 11.9. The number of benzene rings is 2. The number of sulfonamides is 1. The Bertz CT molecular complexity index is 1530. The lowest BCUT2D eigenvalue weighted by atomic mass is 9.80. The SMILES string of the molecule is Cn1c(CNc2ccc(C(=N)N)cc2)nc2cc(C(C)(CN(C(=O)O)S(C)(=O)=O)C(=O)N3CCCC3)ccc21. The lowest BCUT2D eigenvalue weighted by Gasteiger charge is -2.35. The minimum absolute atomic E-state index is 0.00840. The molecule has 1 fully saturated rings. The van der Waals surface area contributed by atoms with Gasteiger partial charge in [0.15, 0.2) is 0 Å². The number of nitrogens with zero attached hydrogens (tertiary/aromatic N) is 4. The van der Waals surface area contributed by atoms with E-state index in [9.17, 15) is 23.1 Å². The van der Waals surface area contributed by atoms with E-state index in [0.717, 1.165) is 30.3 Å². The third-order valence-corrected chi connectivity index (χ3v) is 8.28. The molecule has 2 aromatic carbocycles. The fourth-order valence-electron chi connectivity index (χ4n) is 4.87. The van der Waals surface area contributed by atoms with Gasteiger partial charge >= 0.3 is 6.09 Å². The maximum atomic E-state index is 13.7. The predicted octanol–water partition coefficient (Wildman–Crippen LogP) is 2.29. The molecule has 3 aromatic rings. The van der Waals surface area contributed by atoms with Crippen molar-refractivity contribution < 1.29 is 23.1 Å². The number of nitrogens with one attached hydrogen (secondary N) is 2. The predicted molar refractivity (Wildman–Crippen MR) is 148 cm³/mol. The van der Waals surface area contributed by atoms with Gasteiger partial charge in [0, 0.05) is 31.4 Å². The summed E-state index contributed by atoms with van der Waals surface area (Å²) in [7, 11) is -2.26. The van der Waals surface area contributed by atoms with E-state index in [2.05, 4.69) is 5.32 Å². The maximum absolute atomic E-state index is 13.7. The molecule has 1 aromatic heterocycles. The molecule has 13 heteroatoms. The van der Waals surface area contributed by atoms with Crippen LogP contribution in [-0.2, 0) is 33.8 Å². The first-order valence-corrected chi connectivity index (χ1v) is 14.3. The molecule has 1 unspecified atom stereocenters. The van der Waals surface area contributed by atoms with Crippen LogP contribution < -0.4 is 11.1 Å². The highest BCUT2D eigenvalue weighted by molar-refractivity contribution is 7.88. The van der Waals surface area contributed by atoms with Gasteiger partial charge in [-0.25, -0.2) is 22.5 Å². The quantitative estimate of drug-likeness (QED) is 0.230. The molecule has 4 rings (SSSR count). The van der Waals surface area contributed by atoms with Gasteiger partial charge in [0.25, 0.3) is 0 Å². The van der Waals surface area contributed by atoms with E-state index in [4.69, 9.17) is 16.1 Å². The molecule has 0 spiro atoms. The van der Waals surface area contributed by atoms with Crippen molar-refractivity contribution in [3.63, 3.8) is 0 Å². The van der Waals surface area contributed by atoms with Gasteiger partial charge in [0.05, 0.1) is 35.8 Å². The Morgan fingerprint density at radius 2 is 1.82 bits per heavy atom. The number of likely N-dealkylation sites (tertiary alicyclic amines) is 1. The summed E-state index contributed by atoms with van der Waals surface area (Å²) in [4.78, 5) is 32.0. The molecule has 1 aliphatic rings. The molecule has 5 N–H and O–H groups in total. The molecule has 1 saturated heterocycles. The first kappa shape index (κ1) is 27.9. The third-order valence-electron chi connectivity index (χ3n) is 7.20. The molecule has 2 heterocycles. The van der Waals surface area contributed by atoms with Crippen molar-refractivity contribution in [1.29, 1.82) is 5.41 Å². The molecule has 1 atom stereocenters. The van der Waals surface area contributed by atoms with E-state index < -0.39 is 28.1 Å². The zero-order valence-electron chi connectivity index (χ0n) is 22.1. The zero-order valence-corrected chi connectivity index (χ0v) is 23.0. The number of anilines is 1. The van der Waals surface area contributed by atoms with Crippen molar-refractivity contribution in [3.8, 4) is 0 Å². The first-order valence-electron chi connectivity index (χ1n) is 12.5. The fraction of sp³-hybridized carbons (Fsp3) is 0.385. The van der Waals surface area contributed by atoms with Crippen LogP contribution in [0, 0.1) is 5.41 Å². The average Bonchev–Trinajstić information content (AvgIpc) is 3.53. The monoisotopic (exact) mass is 555 g/mol. The summed E-state index contributed by atoms with van der Waals surface area (Å²) < 4.78 is 26.9. The number of aromatic nitrogens is 2. The summed E-state index contributed by atoms with van der Waals surface area (Å²) in [5.41, 5.74) is 7.40. The van der Waals surface area contributed by atoms with Crippen molar-refractivity contribution in [2.45, 2.75) is 31.7 Å². The maximum Gasteiger partial charge on any atom is 0.421 e. The molecule has 208 valence electrons. The second kappa shape index (κ2) is 10.6. The summed E-state index contributed by atoms with van der Waals surface area (Å²) in [6.07, 6.45) is 0.853. The third kappa shape index (κ3) is 5.67. The smallest absolute Gasteiger partial charge is 0.421 e. The van der Waals surface area contributed by atoms with E-state index in [-0.39, 0.29) is 11.7 Å². The number of rotatable bonds is 9. The molecule has 0 saturated carbocycles. The number of fused-ring (bicyclic) bond motifs is 1. The second-order valence-electron chi connectivity index (χ2n) is 10.0. The number of carbonyl (C=O) groups is 2. The van der Waals surface area contributed by atoms with Crippen LogP contribution in [0.15, 0.2) is 42.5 Å². The van der Waals surface area contributed by atoms with Crippen molar-refractivity contribution in [2.24, 2.45) is 12.8 Å². The van der Waals surface area contributed by atoms with Crippen molar-refractivity contribution in [3.05, 3.63) is 59.4 Å². The Morgan fingerprint density at radius 1 is 1.18 bits per heavy atom. The van der Waals surface area contributed by atoms with Gasteiger partial charge in [0.2, 0.25) is 15.9 Å². The minimum Gasteiger partial charge on any atom is -0.464 e. The van der Waals surface area contributed by atoms with Crippen LogP contribution in [0.25, 0.3) is 11.0 Å². The first-order chi connectivity index (χ1) is 18.3. The van der Waals surface area contributed by atoms with E-state index in [1.54, 1.807) is 36.1 Å². The van der Waals surface area contributed by atoms with Gasteiger partial charge in [-0.05, 0) is 61.7 Å². The summed E-state index contributed by atoms with van der Waals surface area (Å²) >= 11 is 0. The molecule has 0 aliphatic carbocycles. The van der Waals surface area contributed by atoms with Gasteiger partial charge in [-0.15, -0.1) is 0 Å². The van der Waals surface area contributed by atoms with Crippen LogP contribution in [0.1, 0.15) is 36.7 Å². The van der Waals surface area contributed by atoms with Crippen LogP contribution in [0.4, 0.5) is 10.5 Å². The van der Waals surface area contributed by atoms with Gasteiger partial charge < -0.3 is 25.6 Å². The Morgan fingerprint density at radius 3 is 2.38 bits per heavy atom. The Kier molecular flexibility index (Phi) is 7.55. The molecule has 39 heavy (non-hydrogen) atoms. The minimum atomic E-state index is -4.13. The van der Waals surface area contributed by atoms with Gasteiger partial charge in [-0.1, -0.05) is 6.07 Å². The largest absolute Gasteiger partial charge is 0.464 e. The average molecular weight is 556 g/mol. The van der Waals surface area contributed by atoms with Crippen LogP contribution in [-0.4, -0.2) is 76.0 Å². The number of nitrogen functional groups attached to an aromatic ring is 1. The Balaban J connectivity index is 1.68. The molecule has 0 bridgehead atoms. The topological polar surface area (TPSA) is 175 Å². The molecule has 1 aliphatic heterocycles. The number of hydrogen-bond acceptors (Lipinski definition) is 7. The summed E-state index contributed by atoms with van der Waals surface area (Å²) in [5.74, 6) is 0.390. The van der Waals surface area contributed by atoms with E-state index >= 15 is 0 Å². The molecular formula is C26H33N7O5S. The molecule has 0 radical (unpaired) electrons. The zero-order chi connectivity index (χ0) is 28.5. The van der Waals surface area contributed by atoms with Crippen molar-refractivity contribution >= 4 is 44.6 Å². The summed E-state index contributed by atoms with van der Waals surface area (Å²) in [6.45, 7) is 2.52. The highest BCUT2D eigenvalue weighted by atomic mass is 32.2. The van der Waals surface area contributed by atoms with Gasteiger partial charge in [-0.2, -0.15) is 0 Å². The number of amidine groups is 1. The molecular weight excluding hydrogens is 522 g/mol. The lowest BCUT2D eigenvalue weighted by molar-refractivity contribution is -0.136. The van der Waals surface area contributed by atoms with E-state index in [0.29, 0.717) is 46.4 Å².